The van der Waals surface area contributed by atoms with Crippen LogP contribution in [-0.2, 0) is 4.79 Å². The molecule has 0 aromatic rings. The summed E-state index contributed by atoms with van der Waals surface area (Å²) in [6.45, 7) is 2.19. The predicted octanol–water partition coefficient (Wildman–Crippen LogP) is 2.92. The molecule has 0 fully saturated rings. The average Bonchev–Trinajstić information content (AvgIpc) is 2.29. The number of allylic oxidation sites excluding steroid dienone is 1. The molecule has 0 spiro atoms. The van der Waals surface area contributed by atoms with Gasteiger partial charge in [0.1, 0.15) is 0 Å². The van der Waals surface area contributed by atoms with Crippen LogP contribution in [0.5, 0.6) is 0 Å². The summed E-state index contributed by atoms with van der Waals surface area (Å²) in [7, 11) is 0. The summed E-state index contributed by atoms with van der Waals surface area (Å²) >= 11 is 0. The first-order chi connectivity index (χ1) is 8.16. The van der Waals surface area contributed by atoms with Gasteiger partial charge in [0.2, 0.25) is 5.91 Å². The molecule has 0 aliphatic heterocycles. The van der Waals surface area contributed by atoms with Gasteiger partial charge >= 0.3 is 0 Å². The van der Waals surface area contributed by atoms with Gasteiger partial charge in [-0.15, -0.1) is 0 Å². The maximum atomic E-state index is 10.5. The molecule has 0 rings (SSSR count). The Bertz CT molecular complexity index is 214. The molecule has 1 atom stereocenters. The second kappa shape index (κ2) is 11.6. The number of aliphatic hydroxyl groups is 1. The second-order valence-electron chi connectivity index (χ2n) is 4.57. The molecule has 1 unspecified atom stereocenters. The number of rotatable bonds is 11. The van der Waals surface area contributed by atoms with Gasteiger partial charge in [0, 0.05) is 6.42 Å². The Morgan fingerprint density at radius 3 is 2.65 bits per heavy atom. The number of carbonyl (C=O) groups excluding carboxylic acids is 1. The quantitative estimate of drug-likeness (QED) is 0.431. The minimum absolute atomic E-state index is 0.209. The number of carbonyl (C=O) groups is 1. The minimum atomic E-state index is -0.241. The molecule has 0 saturated heterocycles. The predicted molar refractivity (Wildman–Crippen MR) is 71.6 cm³/mol. The Morgan fingerprint density at radius 1 is 1.24 bits per heavy atom. The molecule has 0 aromatic carbocycles. The topological polar surface area (TPSA) is 63.3 Å². The lowest BCUT2D eigenvalue weighted by molar-refractivity contribution is -0.118. The number of hydrogen-bond acceptors (Lipinski definition) is 2. The number of nitrogens with two attached hydrogens (primary N) is 1. The van der Waals surface area contributed by atoms with Crippen LogP contribution in [0, 0.1) is 0 Å². The van der Waals surface area contributed by atoms with Crippen LogP contribution in [0.4, 0.5) is 0 Å². The lowest BCUT2D eigenvalue weighted by Crippen LogP contribution is -2.09. The first-order valence-electron chi connectivity index (χ1n) is 6.78. The van der Waals surface area contributed by atoms with Crippen LogP contribution in [0.2, 0.25) is 0 Å². The number of aliphatic hydroxyl groups excluding tert-OH is 1. The molecule has 17 heavy (non-hydrogen) atoms. The smallest absolute Gasteiger partial charge is 0.217 e. The highest BCUT2D eigenvalue weighted by Crippen LogP contribution is 2.08. The summed E-state index contributed by atoms with van der Waals surface area (Å²) in [5.74, 6) is -0.241. The molecule has 0 bridgehead atoms. The Hall–Kier alpha value is -0.830. The van der Waals surface area contributed by atoms with E-state index in [1.165, 1.54) is 19.3 Å². The van der Waals surface area contributed by atoms with E-state index in [9.17, 15) is 9.90 Å². The monoisotopic (exact) mass is 241 g/mol. The lowest BCUT2D eigenvalue weighted by atomic mass is 10.1. The standard InChI is InChI=1S/C14H27NO2/c1-2-3-4-7-10-13(16)11-8-5-6-9-12-14(15)17/h5,8,13,16H,2-4,6-7,9-12H2,1H3,(H2,15,17)/b8-5+. The highest BCUT2D eigenvalue weighted by molar-refractivity contribution is 5.73. The van der Waals surface area contributed by atoms with Crippen molar-refractivity contribution in [1.29, 1.82) is 0 Å². The van der Waals surface area contributed by atoms with Crippen LogP contribution in [0.3, 0.4) is 0 Å². The van der Waals surface area contributed by atoms with Gasteiger partial charge in [-0.25, -0.2) is 0 Å². The third-order valence-electron chi connectivity index (χ3n) is 2.76. The van der Waals surface area contributed by atoms with Crippen LogP contribution in [0.15, 0.2) is 12.2 Å². The molecule has 1 amide bonds. The maximum Gasteiger partial charge on any atom is 0.217 e. The summed E-state index contributed by atoms with van der Waals surface area (Å²) in [5.41, 5.74) is 5.03. The summed E-state index contributed by atoms with van der Waals surface area (Å²) < 4.78 is 0. The summed E-state index contributed by atoms with van der Waals surface area (Å²) in [4.78, 5) is 10.5. The van der Waals surface area contributed by atoms with Gasteiger partial charge in [-0.2, -0.15) is 0 Å². The minimum Gasteiger partial charge on any atom is -0.393 e. The van der Waals surface area contributed by atoms with Crippen molar-refractivity contribution in [1.82, 2.24) is 0 Å². The fourth-order valence-corrected chi connectivity index (χ4v) is 1.69. The van der Waals surface area contributed by atoms with Crippen molar-refractivity contribution in [2.45, 2.75) is 70.8 Å². The molecular formula is C14H27NO2. The van der Waals surface area contributed by atoms with Crippen molar-refractivity contribution in [2.75, 3.05) is 0 Å². The van der Waals surface area contributed by atoms with Crippen LogP contribution in [-0.4, -0.2) is 17.1 Å². The second-order valence-corrected chi connectivity index (χ2v) is 4.57. The van der Waals surface area contributed by atoms with E-state index < -0.39 is 0 Å². The van der Waals surface area contributed by atoms with E-state index in [1.54, 1.807) is 0 Å². The molecule has 0 saturated carbocycles. The van der Waals surface area contributed by atoms with Crippen LogP contribution >= 0.6 is 0 Å². The Labute approximate surface area is 105 Å². The van der Waals surface area contributed by atoms with Gasteiger partial charge in [-0.1, -0.05) is 44.8 Å². The van der Waals surface area contributed by atoms with Gasteiger partial charge < -0.3 is 10.8 Å². The van der Waals surface area contributed by atoms with E-state index in [-0.39, 0.29) is 12.0 Å². The average molecular weight is 241 g/mol. The molecule has 0 aromatic heterocycles. The van der Waals surface area contributed by atoms with Crippen LogP contribution < -0.4 is 5.73 Å². The SMILES string of the molecule is CCCCCCC(O)C/C=C/CCCC(N)=O. The molecule has 100 valence electrons. The van der Waals surface area contributed by atoms with Gasteiger partial charge in [-0.3, -0.25) is 4.79 Å². The van der Waals surface area contributed by atoms with E-state index in [0.29, 0.717) is 6.42 Å². The third-order valence-corrected chi connectivity index (χ3v) is 2.76. The first-order valence-corrected chi connectivity index (χ1v) is 6.78. The maximum absolute atomic E-state index is 10.5. The van der Waals surface area contributed by atoms with Crippen molar-refractivity contribution < 1.29 is 9.90 Å². The first kappa shape index (κ1) is 16.2. The Kier molecular flexibility index (Phi) is 11.1. The van der Waals surface area contributed by atoms with Crippen LogP contribution in [0.25, 0.3) is 0 Å². The fraction of sp³-hybridized carbons (Fsp3) is 0.786. The number of hydrogen-bond donors (Lipinski definition) is 2. The molecule has 3 nitrogen and oxygen atoms in total. The summed E-state index contributed by atoms with van der Waals surface area (Å²) in [5, 5.41) is 9.67. The van der Waals surface area contributed by atoms with Crippen molar-refractivity contribution >= 4 is 5.91 Å². The van der Waals surface area contributed by atoms with E-state index in [1.807, 2.05) is 12.2 Å². The lowest BCUT2D eigenvalue weighted by Gasteiger charge is -2.06. The normalized spacial score (nSPS) is 13.1. The largest absolute Gasteiger partial charge is 0.393 e. The molecule has 0 aliphatic carbocycles. The van der Waals surface area contributed by atoms with E-state index in [0.717, 1.165) is 32.1 Å². The van der Waals surface area contributed by atoms with Crippen molar-refractivity contribution in [2.24, 2.45) is 5.73 Å². The number of primary amides is 1. The molecular weight excluding hydrogens is 214 g/mol. The van der Waals surface area contributed by atoms with E-state index in [2.05, 4.69) is 6.92 Å². The molecule has 3 heteroatoms. The third kappa shape index (κ3) is 13.1. The van der Waals surface area contributed by atoms with Gasteiger partial charge in [0.25, 0.3) is 0 Å². The summed E-state index contributed by atoms with van der Waals surface area (Å²) in [6, 6.07) is 0. The number of unbranched alkanes of at least 4 members (excludes halogenated alkanes) is 4. The Morgan fingerprint density at radius 2 is 2.00 bits per heavy atom. The van der Waals surface area contributed by atoms with Crippen molar-refractivity contribution in [3.63, 3.8) is 0 Å². The molecule has 0 aliphatic rings. The Balaban J connectivity index is 3.33. The van der Waals surface area contributed by atoms with Crippen LogP contribution in [0.1, 0.15) is 64.7 Å². The fourth-order valence-electron chi connectivity index (χ4n) is 1.69. The highest BCUT2D eigenvalue weighted by Gasteiger charge is 2.00. The van der Waals surface area contributed by atoms with Crippen molar-refractivity contribution in [3.05, 3.63) is 12.2 Å². The number of amides is 1. The van der Waals surface area contributed by atoms with Crippen molar-refractivity contribution in [3.8, 4) is 0 Å². The molecule has 0 heterocycles. The van der Waals surface area contributed by atoms with Gasteiger partial charge in [0.05, 0.1) is 6.10 Å². The van der Waals surface area contributed by atoms with Gasteiger partial charge in [0.15, 0.2) is 0 Å². The zero-order valence-electron chi connectivity index (χ0n) is 11.0. The summed E-state index contributed by atoms with van der Waals surface area (Å²) in [6.07, 6.45) is 12.4. The van der Waals surface area contributed by atoms with E-state index in [4.69, 9.17) is 5.73 Å². The van der Waals surface area contributed by atoms with Gasteiger partial charge in [-0.05, 0) is 25.7 Å². The zero-order chi connectivity index (χ0) is 12.9. The molecule has 3 N–H and O–H groups in total. The van der Waals surface area contributed by atoms with E-state index >= 15 is 0 Å². The zero-order valence-corrected chi connectivity index (χ0v) is 11.0. The highest BCUT2D eigenvalue weighted by atomic mass is 16.3. The molecule has 0 radical (unpaired) electrons.